The smallest absolute Gasteiger partial charge is 0.245 e. The number of hydrogen-bond acceptors (Lipinski definition) is 9. The lowest BCUT2D eigenvalue weighted by Gasteiger charge is -2.27. The Morgan fingerprint density at radius 3 is 2.02 bits per heavy atom. The van der Waals surface area contributed by atoms with Gasteiger partial charge in [0.2, 0.25) is 29.5 Å². The van der Waals surface area contributed by atoms with Crippen LogP contribution in [0.4, 0.5) is 0 Å². The SMILES string of the molecule is CC(C)C[C@H](NC(=O)[C@H](Cc1ccccc1)NC(=O)[C@H](CO)NC(=O)[C@H](CCCCN)NC(=O)[C@@H]1CCCN1)C(=O)N[C@H](C=O)C(C)C. The van der Waals surface area contributed by atoms with Crippen molar-refractivity contribution in [2.45, 2.75) is 109 Å². The number of hydrogen-bond donors (Lipinski definition) is 8. The number of amides is 5. The second kappa shape index (κ2) is 21.2. The number of unbranched alkanes of at least 4 members (excludes halogenated alkanes) is 1. The van der Waals surface area contributed by atoms with Gasteiger partial charge in [0, 0.05) is 6.42 Å². The molecule has 1 aliphatic rings. The first-order valence-electron chi connectivity index (χ1n) is 16.9. The molecule has 0 aliphatic carbocycles. The van der Waals surface area contributed by atoms with Gasteiger partial charge in [0.25, 0.3) is 0 Å². The molecule has 6 atom stereocenters. The summed E-state index contributed by atoms with van der Waals surface area (Å²) in [6.07, 6.45) is 3.92. The molecule has 2 rings (SSSR count). The second-order valence-corrected chi connectivity index (χ2v) is 13.1. The number of aliphatic hydroxyl groups excluding tert-OH is 1. The standard InChI is InChI=1S/C34H55N7O7/c1-21(2)17-26(32(46)40-28(19-42)22(3)4)38-33(47)27(18-23-11-6-5-7-12-23)39-34(48)29(20-43)41-31(45)25(13-8-9-15-35)37-30(44)24-14-10-16-36-24/h5-7,11-12,19,21-22,24-29,36,43H,8-10,13-18,20,35H2,1-4H3,(H,37,44)(H,38,47)(H,39,48)(H,40,46)(H,41,45)/t24-,25-,26-,27-,28+,29-/m0/s1. The van der Waals surface area contributed by atoms with Gasteiger partial charge in [-0.3, -0.25) is 24.0 Å². The molecule has 0 aromatic heterocycles. The van der Waals surface area contributed by atoms with Crippen LogP contribution in [0.25, 0.3) is 0 Å². The summed E-state index contributed by atoms with van der Waals surface area (Å²) in [4.78, 5) is 78.1. The first-order valence-corrected chi connectivity index (χ1v) is 16.9. The molecule has 14 nitrogen and oxygen atoms in total. The lowest BCUT2D eigenvalue weighted by Crippen LogP contribution is -2.60. The monoisotopic (exact) mass is 673 g/mol. The summed E-state index contributed by atoms with van der Waals surface area (Å²) < 4.78 is 0. The second-order valence-electron chi connectivity index (χ2n) is 13.1. The Morgan fingerprint density at radius 1 is 0.854 bits per heavy atom. The normalized spacial score (nSPS) is 17.5. The fourth-order valence-corrected chi connectivity index (χ4v) is 5.34. The molecule has 1 fully saturated rings. The Labute approximate surface area is 283 Å². The maximum atomic E-state index is 13.7. The lowest BCUT2D eigenvalue weighted by atomic mass is 9.99. The predicted octanol–water partition coefficient (Wildman–Crippen LogP) is -0.573. The molecule has 48 heavy (non-hydrogen) atoms. The zero-order valence-electron chi connectivity index (χ0n) is 28.6. The van der Waals surface area contributed by atoms with E-state index in [-0.39, 0.29) is 37.0 Å². The Kier molecular flexibility index (Phi) is 17.8. The van der Waals surface area contributed by atoms with E-state index in [1.54, 1.807) is 44.2 Å². The van der Waals surface area contributed by atoms with Crippen molar-refractivity contribution in [1.82, 2.24) is 31.9 Å². The molecule has 0 unspecified atom stereocenters. The van der Waals surface area contributed by atoms with Crippen molar-refractivity contribution in [1.29, 1.82) is 0 Å². The molecule has 9 N–H and O–H groups in total. The van der Waals surface area contributed by atoms with Crippen LogP contribution in [0.15, 0.2) is 30.3 Å². The van der Waals surface area contributed by atoms with Gasteiger partial charge in [-0.1, -0.05) is 58.0 Å². The zero-order chi connectivity index (χ0) is 35.6. The Hall–Kier alpha value is -3.88. The van der Waals surface area contributed by atoms with Crippen LogP contribution in [0.3, 0.4) is 0 Å². The van der Waals surface area contributed by atoms with E-state index in [1.165, 1.54) is 0 Å². The summed E-state index contributed by atoms with van der Waals surface area (Å²) in [5.41, 5.74) is 6.34. The number of aldehydes is 1. The van der Waals surface area contributed by atoms with Crippen molar-refractivity contribution in [2.24, 2.45) is 17.6 Å². The molecule has 5 amide bonds. The Bertz CT molecular complexity index is 1190. The van der Waals surface area contributed by atoms with Crippen LogP contribution in [-0.2, 0) is 35.2 Å². The summed E-state index contributed by atoms with van der Waals surface area (Å²) in [6.45, 7) is 7.70. The van der Waals surface area contributed by atoms with E-state index in [9.17, 15) is 33.9 Å². The molecule has 1 aromatic carbocycles. The number of benzene rings is 1. The summed E-state index contributed by atoms with van der Waals surface area (Å²) in [7, 11) is 0. The van der Waals surface area contributed by atoms with Crippen molar-refractivity contribution >= 4 is 35.8 Å². The summed E-state index contributed by atoms with van der Waals surface area (Å²) >= 11 is 0. The topological polar surface area (TPSA) is 221 Å². The van der Waals surface area contributed by atoms with E-state index in [1.807, 2.05) is 13.8 Å². The van der Waals surface area contributed by atoms with Gasteiger partial charge in [-0.15, -0.1) is 0 Å². The van der Waals surface area contributed by atoms with Gasteiger partial charge in [-0.25, -0.2) is 0 Å². The van der Waals surface area contributed by atoms with Gasteiger partial charge in [-0.2, -0.15) is 0 Å². The lowest BCUT2D eigenvalue weighted by molar-refractivity contribution is -0.135. The number of nitrogens with one attached hydrogen (secondary N) is 6. The molecule has 0 bridgehead atoms. The maximum absolute atomic E-state index is 13.7. The quantitative estimate of drug-likeness (QED) is 0.0618. The number of aliphatic hydroxyl groups is 1. The molecule has 14 heteroatoms. The van der Waals surface area contributed by atoms with Crippen molar-refractivity contribution in [3.8, 4) is 0 Å². The Morgan fingerprint density at radius 2 is 1.46 bits per heavy atom. The highest BCUT2D eigenvalue weighted by Crippen LogP contribution is 2.11. The third-order valence-electron chi connectivity index (χ3n) is 8.20. The summed E-state index contributed by atoms with van der Waals surface area (Å²) in [6, 6.07) is 3.19. The first kappa shape index (κ1) is 40.3. The van der Waals surface area contributed by atoms with Crippen molar-refractivity contribution in [3.05, 3.63) is 35.9 Å². The summed E-state index contributed by atoms with van der Waals surface area (Å²) in [5.74, 6) is -3.13. The van der Waals surface area contributed by atoms with Crippen molar-refractivity contribution in [3.63, 3.8) is 0 Å². The highest BCUT2D eigenvalue weighted by Gasteiger charge is 2.33. The fourth-order valence-electron chi connectivity index (χ4n) is 5.34. The van der Waals surface area contributed by atoms with Crippen LogP contribution in [0.2, 0.25) is 0 Å². The van der Waals surface area contributed by atoms with Crippen LogP contribution in [0.5, 0.6) is 0 Å². The van der Waals surface area contributed by atoms with Gasteiger partial charge < -0.3 is 47.5 Å². The molecule has 0 spiro atoms. The largest absolute Gasteiger partial charge is 0.394 e. The van der Waals surface area contributed by atoms with Gasteiger partial charge in [0.15, 0.2) is 0 Å². The van der Waals surface area contributed by atoms with E-state index in [0.717, 1.165) is 12.0 Å². The van der Waals surface area contributed by atoms with E-state index < -0.39 is 66.5 Å². The average molecular weight is 674 g/mol. The Balaban J connectivity index is 2.23. The average Bonchev–Trinajstić information content (AvgIpc) is 3.60. The van der Waals surface area contributed by atoms with E-state index in [0.29, 0.717) is 38.6 Å². The highest BCUT2D eigenvalue weighted by molar-refractivity contribution is 5.96. The van der Waals surface area contributed by atoms with Gasteiger partial charge >= 0.3 is 0 Å². The fraction of sp³-hybridized carbons (Fsp3) is 0.647. The van der Waals surface area contributed by atoms with E-state index in [2.05, 4.69) is 31.9 Å². The number of nitrogens with two attached hydrogens (primary N) is 1. The number of carbonyl (C=O) groups is 6. The van der Waals surface area contributed by atoms with E-state index in [4.69, 9.17) is 5.73 Å². The van der Waals surface area contributed by atoms with Crippen LogP contribution in [0, 0.1) is 11.8 Å². The molecular formula is C34H55N7O7. The minimum absolute atomic E-state index is 0.00802. The minimum atomic E-state index is -1.43. The maximum Gasteiger partial charge on any atom is 0.245 e. The molecule has 1 saturated heterocycles. The van der Waals surface area contributed by atoms with Crippen molar-refractivity contribution < 1.29 is 33.9 Å². The number of carbonyl (C=O) groups excluding carboxylic acids is 6. The summed E-state index contributed by atoms with van der Waals surface area (Å²) in [5, 5.41) is 26.6. The van der Waals surface area contributed by atoms with Crippen molar-refractivity contribution in [2.75, 3.05) is 19.7 Å². The minimum Gasteiger partial charge on any atom is -0.394 e. The van der Waals surface area contributed by atoms with Crippen LogP contribution in [-0.4, -0.2) is 96.9 Å². The van der Waals surface area contributed by atoms with Crippen LogP contribution < -0.4 is 37.6 Å². The van der Waals surface area contributed by atoms with Crippen LogP contribution in [0.1, 0.15) is 71.8 Å². The zero-order valence-corrected chi connectivity index (χ0v) is 28.6. The molecule has 0 radical (unpaired) electrons. The predicted molar refractivity (Wildman–Crippen MR) is 181 cm³/mol. The highest BCUT2D eigenvalue weighted by atomic mass is 16.3. The molecule has 1 heterocycles. The third-order valence-corrected chi connectivity index (χ3v) is 8.20. The first-order chi connectivity index (χ1) is 22.9. The molecule has 1 aromatic rings. The number of rotatable bonds is 21. The molecular weight excluding hydrogens is 618 g/mol. The van der Waals surface area contributed by atoms with Gasteiger partial charge in [0.1, 0.15) is 30.5 Å². The molecule has 0 saturated carbocycles. The molecule has 268 valence electrons. The van der Waals surface area contributed by atoms with Crippen LogP contribution >= 0.6 is 0 Å². The third kappa shape index (κ3) is 13.7. The molecule has 1 aliphatic heterocycles. The van der Waals surface area contributed by atoms with Gasteiger partial charge in [0.05, 0.1) is 18.7 Å². The van der Waals surface area contributed by atoms with E-state index >= 15 is 0 Å². The van der Waals surface area contributed by atoms with Gasteiger partial charge in [-0.05, 0) is 69.0 Å².